The Labute approximate surface area is 91.1 Å². The highest BCUT2D eigenvalue weighted by Gasteiger charge is 2.30. The van der Waals surface area contributed by atoms with Crippen molar-refractivity contribution < 1.29 is 13.2 Å². The molecule has 0 saturated heterocycles. The number of hydrogen-bond acceptors (Lipinski definition) is 2. The SMILES string of the molecule is CCc1ccc(CC(N)CC(F)(F)F)s1. The number of hydrogen-bond donors (Lipinski definition) is 1. The minimum absolute atomic E-state index is 0.310. The number of rotatable bonds is 4. The second kappa shape index (κ2) is 4.99. The van der Waals surface area contributed by atoms with Crippen molar-refractivity contribution in [3.63, 3.8) is 0 Å². The van der Waals surface area contributed by atoms with Gasteiger partial charge in [-0.3, -0.25) is 0 Å². The number of aryl methyl sites for hydroxylation is 1. The molecule has 1 atom stereocenters. The van der Waals surface area contributed by atoms with Gasteiger partial charge in [-0.15, -0.1) is 11.3 Å². The topological polar surface area (TPSA) is 26.0 Å². The summed E-state index contributed by atoms with van der Waals surface area (Å²) in [5.41, 5.74) is 5.43. The monoisotopic (exact) mass is 237 g/mol. The minimum Gasteiger partial charge on any atom is -0.327 e. The van der Waals surface area contributed by atoms with Crippen molar-refractivity contribution in [2.24, 2.45) is 5.73 Å². The van der Waals surface area contributed by atoms with Crippen LogP contribution in [0.2, 0.25) is 0 Å². The lowest BCUT2D eigenvalue weighted by Gasteiger charge is -2.12. The highest BCUT2D eigenvalue weighted by molar-refractivity contribution is 7.11. The fourth-order valence-electron chi connectivity index (χ4n) is 1.35. The third kappa shape index (κ3) is 4.66. The van der Waals surface area contributed by atoms with E-state index in [4.69, 9.17) is 5.73 Å². The van der Waals surface area contributed by atoms with Crippen molar-refractivity contribution in [3.8, 4) is 0 Å². The molecule has 1 nitrogen and oxygen atoms in total. The van der Waals surface area contributed by atoms with Gasteiger partial charge in [0.1, 0.15) is 0 Å². The Kier molecular flexibility index (Phi) is 4.16. The Morgan fingerprint density at radius 2 is 1.93 bits per heavy atom. The van der Waals surface area contributed by atoms with Crippen LogP contribution < -0.4 is 5.73 Å². The first-order chi connectivity index (χ1) is 6.90. The van der Waals surface area contributed by atoms with E-state index in [1.54, 1.807) is 0 Å². The molecular formula is C10H14F3NS. The molecule has 0 aliphatic carbocycles. The van der Waals surface area contributed by atoms with E-state index in [9.17, 15) is 13.2 Å². The number of alkyl halides is 3. The third-order valence-electron chi connectivity index (χ3n) is 2.02. The second-order valence-corrected chi connectivity index (χ2v) is 4.76. The van der Waals surface area contributed by atoms with Crippen LogP contribution in [-0.4, -0.2) is 12.2 Å². The van der Waals surface area contributed by atoms with Crippen molar-refractivity contribution in [3.05, 3.63) is 21.9 Å². The summed E-state index contributed by atoms with van der Waals surface area (Å²) in [5, 5.41) is 0. The minimum atomic E-state index is -4.16. The fraction of sp³-hybridized carbons (Fsp3) is 0.600. The van der Waals surface area contributed by atoms with E-state index < -0.39 is 18.6 Å². The zero-order valence-corrected chi connectivity index (χ0v) is 9.29. The maximum absolute atomic E-state index is 12.0. The summed E-state index contributed by atoms with van der Waals surface area (Å²) in [4.78, 5) is 2.12. The zero-order valence-electron chi connectivity index (χ0n) is 8.47. The molecule has 1 unspecified atom stereocenters. The highest BCUT2D eigenvalue weighted by atomic mass is 32.1. The van der Waals surface area contributed by atoms with Gasteiger partial charge >= 0.3 is 6.18 Å². The first-order valence-electron chi connectivity index (χ1n) is 4.80. The number of halogens is 3. The first-order valence-corrected chi connectivity index (χ1v) is 5.62. The lowest BCUT2D eigenvalue weighted by atomic mass is 10.1. The van der Waals surface area contributed by atoms with Crippen LogP contribution in [0.4, 0.5) is 13.2 Å². The average molecular weight is 237 g/mol. The Balaban J connectivity index is 2.47. The van der Waals surface area contributed by atoms with Crippen LogP contribution >= 0.6 is 11.3 Å². The maximum atomic E-state index is 12.0. The van der Waals surface area contributed by atoms with Crippen LogP contribution in [0.15, 0.2) is 12.1 Å². The van der Waals surface area contributed by atoms with Crippen LogP contribution in [0.3, 0.4) is 0 Å². The van der Waals surface area contributed by atoms with Gasteiger partial charge in [0.05, 0.1) is 6.42 Å². The molecule has 0 fully saturated rings. The molecular weight excluding hydrogens is 223 g/mol. The molecule has 5 heteroatoms. The molecule has 0 radical (unpaired) electrons. The molecule has 0 spiro atoms. The summed E-state index contributed by atoms with van der Waals surface area (Å²) in [6.07, 6.45) is -3.85. The van der Waals surface area contributed by atoms with Crippen molar-refractivity contribution >= 4 is 11.3 Å². The third-order valence-corrected chi connectivity index (χ3v) is 3.27. The van der Waals surface area contributed by atoms with Crippen molar-refractivity contribution in [1.82, 2.24) is 0 Å². The maximum Gasteiger partial charge on any atom is 0.390 e. The summed E-state index contributed by atoms with van der Waals surface area (Å²) in [5.74, 6) is 0. The van der Waals surface area contributed by atoms with Crippen molar-refractivity contribution in [1.29, 1.82) is 0 Å². The lowest BCUT2D eigenvalue weighted by Crippen LogP contribution is -2.29. The molecule has 0 saturated carbocycles. The largest absolute Gasteiger partial charge is 0.390 e. The predicted molar refractivity (Wildman–Crippen MR) is 56.0 cm³/mol. The van der Waals surface area contributed by atoms with E-state index in [1.165, 1.54) is 16.2 Å². The van der Waals surface area contributed by atoms with Gasteiger partial charge in [-0.2, -0.15) is 13.2 Å². The summed E-state index contributed by atoms with van der Waals surface area (Å²) in [6.45, 7) is 2.02. The Morgan fingerprint density at radius 3 is 2.40 bits per heavy atom. The van der Waals surface area contributed by atoms with E-state index >= 15 is 0 Å². The molecule has 0 bridgehead atoms. The van der Waals surface area contributed by atoms with E-state index in [-0.39, 0.29) is 0 Å². The Morgan fingerprint density at radius 1 is 1.33 bits per heavy atom. The molecule has 0 aliphatic rings. The van der Waals surface area contributed by atoms with E-state index in [1.807, 2.05) is 19.1 Å². The van der Waals surface area contributed by atoms with Gasteiger partial charge in [0.25, 0.3) is 0 Å². The smallest absolute Gasteiger partial charge is 0.327 e. The fourth-order valence-corrected chi connectivity index (χ4v) is 2.40. The molecule has 1 rings (SSSR count). The molecule has 0 amide bonds. The molecule has 1 aromatic heterocycles. The molecule has 2 N–H and O–H groups in total. The molecule has 15 heavy (non-hydrogen) atoms. The van der Waals surface area contributed by atoms with Crippen LogP contribution in [-0.2, 0) is 12.8 Å². The van der Waals surface area contributed by atoms with E-state index in [0.717, 1.165) is 11.3 Å². The Hall–Kier alpha value is -0.550. The van der Waals surface area contributed by atoms with Gasteiger partial charge in [-0.1, -0.05) is 6.92 Å². The second-order valence-electron chi connectivity index (χ2n) is 3.51. The predicted octanol–water partition coefficient (Wildman–Crippen LogP) is 3.13. The standard InChI is InChI=1S/C10H14F3NS/c1-2-8-3-4-9(15-8)5-7(14)6-10(11,12)13/h3-4,7H,2,5-6,14H2,1H3. The number of thiophene rings is 1. The summed E-state index contributed by atoms with van der Waals surface area (Å²) >= 11 is 1.54. The zero-order chi connectivity index (χ0) is 11.5. The van der Waals surface area contributed by atoms with Crippen molar-refractivity contribution in [2.45, 2.75) is 38.4 Å². The van der Waals surface area contributed by atoms with Crippen LogP contribution in [0.25, 0.3) is 0 Å². The van der Waals surface area contributed by atoms with Gasteiger partial charge in [-0.25, -0.2) is 0 Å². The van der Waals surface area contributed by atoms with Gasteiger partial charge in [0, 0.05) is 15.8 Å². The van der Waals surface area contributed by atoms with Gasteiger partial charge < -0.3 is 5.73 Å². The van der Waals surface area contributed by atoms with E-state index in [2.05, 4.69) is 0 Å². The van der Waals surface area contributed by atoms with Gasteiger partial charge in [0.15, 0.2) is 0 Å². The lowest BCUT2D eigenvalue weighted by molar-refractivity contribution is -0.138. The molecule has 1 aromatic rings. The summed E-state index contributed by atoms with van der Waals surface area (Å²) in [6, 6.07) is 2.98. The highest BCUT2D eigenvalue weighted by Crippen LogP contribution is 2.24. The first kappa shape index (κ1) is 12.5. The van der Waals surface area contributed by atoms with Crippen LogP contribution in [0.1, 0.15) is 23.1 Å². The summed E-state index contributed by atoms with van der Waals surface area (Å²) < 4.78 is 36.0. The van der Waals surface area contributed by atoms with Gasteiger partial charge in [-0.05, 0) is 25.0 Å². The summed E-state index contributed by atoms with van der Waals surface area (Å²) in [7, 11) is 0. The van der Waals surface area contributed by atoms with Crippen LogP contribution in [0.5, 0.6) is 0 Å². The Bertz CT molecular complexity index is 306. The average Bonchev–Trinajstić information content (AvgIpc) is 2.48. The van der Waals surface area contributed by atoms with Gasteiger partial charge in [0.2, 0.25) is 0 Å². The van der Waals surface area contributed by atoms with Crippen molar-refractivity contribution in [2.75, 3.05) is 0 Å². The molecule has 0 aromatic carbocycles. The number of nitrogens with two attached hydrogens (primary N) is 1. The molecule has 86 valence electrons. The molecule has 0 aliphatic heterocycles. The quantitative estimate of drug-likeness (QED) is 0.855. The van der Waals surface area contributed by atoms with E-state index in [0.29, 0.717) is 6.42 Å². The van der Waals surface area contributed by atoms with Crippen LogP contribution in [0, 0.1) is 0 Å². The molecule has 1 heterocycles. The normalized spacial score (nSPS) is 14.2.